The molecule has 3 nitrogen and oxygen atoms in total. The maximum Gasteiger partial charge on any atom is 0.372 e. The molecule has 2 aromatic heterocycles. The Kier molecular flexibility index (Phi) is 3.31. The molecule has 96 valence electrons. The lowest BCUT2D eigenvalue weighted by molar-refractivity contribution is 0.0664. The number of thiophene rings is 1. The summed E-state index contributed by atoms with van der Waals surface area (Å²) in [7, 11) is 0. The summed E-state index contributed by atoms with van der Waals surface area (Å²) >= 11 is 3.28. The molecule has 5 heteroatoms. The van der Waals surface area contributed by atoms with Gasteiger partial charge >= 0.3 is 5.97 Å². The number of hydrogen-bond acceptors (Lipinski definition) is 4. The van der Waals surface area contributed by atoms with Crippen molar-refractivity contribution < 1.29 is 14.3 Å². The second-order valence-electron chi connectivity index (χ2n) is 3.93. The lowest BCUT2D eigenvalue weighted by atomic mass is 10.1. The highest BCUT2D eigenvalue weighted by Crippen LogP contribution is 2.33. The molecule has 0 unspecified atom stereocenters. The Morgan fingerprint density at radius 1 is 1.26 bits per heavy atom. The van der Waals surface area contributed by atoms with E-state index in [1.54, 1.807) is 29.2 Å². The van der Waals surface area contributed by atoms with E-state index in [2.05, 4.69) is 0 Å². The number of fused-ring (bicyclic) bond motifs is 1. The first kappa shape index (κ1) is 12.3. The van der Waals surface area contributed by atoms with E-state index in [0.29, 0.717) is 11.3 Å². The van der Waals surface area contributed by atoms with Crippen LogP contribution in [0.2, 0.25) is 0 Å². The van der Waals surface area contributed by atoms with Crippen molar-refractivity contribution in [3.05, 3.63) is 53.1 Å². The summed E-state index contributed by atoms with van der Waals surface area (Å²) in [6.45, 7) is 0. The third-order valence-electron chi connectivity index (χ3n) is 2.75. The number of rotatable bonds is 4. The number of carbonyl (C=O) groups is 1. The average Bonchev–Trinajstić information content (AvgIpc) is 3.03. The number of aromatic carboxylic acids is 1. The summed E-state index contributed by atoms with van der Waals surface area (Å²) in [5.41, 5.74) is 1.38. The maximum absolute atomic E-state index is 11.3. The molecule has 1 N–H and O–H groups in total. The number of carboxylic acid groups (broad SMARTS) is 1. The van der Waals surface area contributed by atoms with E-state index in [0.717, 1.165) is 10.9 Å². The quantitative estimate of drug-likeness (QED) is 0.719. The van der Waals surface area contributed by atoms with Crippen molar-refractivity contribution in [3.8, 4) is 0 Å². The van der Waals surface area contributed by atoms with E-state index in [1.807, 2.05) is 35.7 Å². The molecule has 0 aliphatic carbocycles. The zero-order valence-electron chi connectivity index (χ0n) is 9.83. The Bertz CT molecular complexity index is 713. The van der Waals surface area contributed by atoms with E-state index in [-0.39, 0.29) is 5.76 Å². The predicted octanol–water partition coefficient (Wildman–Crippen LogP) is 4.48. The Hall–Kier alpha value is -1.72. The van der Waals surface area contributed by atoms with Crippen molar-refractivity contribution in [3.63, 3.8) is 0 Å². The van der Waals surface area contributed by atoms with Crippen LogP contribution in [0.15, 0.2) is 50.4 Å². The summed E-state index contributed by atoms with van der Waals surface area (Å²) in [6.07, 6.45) is 0. The van der Waals surface area contributed by atoms with Gasteiger partial charge in [0, 0.05) is 16.7 Å². The molecular formula is C14H10O3S2. The van der Waals surface area contributed by atoms with Crippen LogP contribution in [0.1, 0.15) is 16.1 Å². The topological polar surface area (TPSA) is 50.4 Å². The summed E-state index contributed by atoms with van der Waals surface area (Å²) in [4.78, 5) is 11.3. The molecule has 0 saturated heterocycles. The fourth-order valence-corrected chi connectivity index (χ4v) is 3.72. The van der Waals surface area contributed by atoms with Crippen LogP contribution in [0, 0.1) is 0 Å². The molecule has 19 heavy (non-hydrogen) atoms. The highest BCUT2D eigenvalue weighted by Gasteiger charge is 2.19. The van der Waals surface area contributed by atoms with Gasteiger partial charge in [0.2, 0.25) is 5.76 Å². The fourth-order valence-electron chi connectivity index (χ4n) is 1.90. The number of furan rings is 1. The molecular weight excluding hydrogens is 280 g/mol. The monoisotopic (exact) mass is 290 g/mol. The van der Waals surface area contributed by atoms with Gasteiger partial charge in [0.1, 0.15) is 5.58 Å². The number of para-hydroxylation sites is 1. The van der Waals surface area contributed by atoms with Gasteiger partial charge in [-0.05, 0) is 17.5 Å². The largest absolute Gasteiger partial charge is 0.475 e. The van der Waals surface area contributed by atoms with Crippen LogP contribution in [0.25, 0.3) is 11.0 Å². The maximum atomic E-state index is 11.3. The number of benzene rings is 1. The van der Waals surface area contributed by atoms with Crippen molar-refractivity contribution in [1.82, 2.24) is 0 Å². The molecule has 0 atom stereocenters. The van der Waals surface area contributed by atoms with Crippen LogP contribution in [0.4, 0.5) is 0 Å². The summed E-state index contributed by atoms with van der Waals surface area (Å²) in [6, 6.07) is 11.4. The lowest BCUT2D eigenvalue weighted by Gasteiger charge is -1.98. The van der Waals surface area contributed by atoms with Gasteiger partial charge in [-0.15, -0.1) is 23.1 Å². The van der Waals surface area contributed by atoms with Gasteiger partial charge in [0.25, 0.3) is 0 Å². The zero-order chi connectivity index (χ0) is 13.2. The first-order valence-corrected chi connectivity index (χ1v) is 7.52. The normalized spacial score (nSPS) is 10.9. The van der Waals surface area contributed by atoms with Gasteiger partial charge < -0.3 is 9.52 Å². The van der Waals surface area contributed by atoms with Crippen molar-refractivity contribution in [2.24, 2.45) is 0 Å². The number of hydrogen-bond donors (Lipinski definition) is 1. The Morgan fingerprint density at radius 3 is 2.84 bits per heavy atom. The Morgan fingerprint density at radius 2 is 2.11 bits per heavy atom. The average molecular weight is 290 g/mol. The van der Waals surface area contributed by atoms with Crippen molar-refractivity contribution in [2.45, 2.75) is 9.96 Å². The van der Waals surface area contributed by atoms with Gasteiger partial charge in [-0.1, -0.05) is 24.3 Å². The van der Waals surface area contributed by atoms with E-state index >= 15 is 0 Å². The van der Waals surface area contributed by atoms with Crippen molar-refractivity contribution in [1.29, 1.82) is 0 Å². The molecule has 0 radical (unpaired) electrons. The van der Waals surface area contributed by atoms with E-state index in [1.165, 1.54) is 4.21 Å². The van der Waals surface area contributed by atoms with Crippen LogP contribution < -0.4 is 0 Å². The van der Waals surface area contributed by atoms with E-state index in [9.17, 15) is 9.90 Å². The fraction of sp³-hybridized carbons (Fsp3) is 0.0714. The Labute approximate surface area is 117 Å². The highest BCUT2D eigenvalue weighted by atomic mass is 32.2. The van der Waals surface area contributed by atoms with Crippen LogP contribution in [-0.2, 0) is 5.75 Å². The molecule has 0 bridgehead atoms. The minimum Gasteiger partial charge on any atom is -0.475 e. The second kappa shape index (κ2) is 5.11. The molecule has 1 aromatic carbocycles. The van der Waals surface area contributed by atoms with Crippen LogP contribution in [0.5, 0.6) is 0 Å². The molecule has 0 spiro atoms. The second-order valence-corrected chi connectivity index (χ2v) is 6.16. The van der Waals surface area contributed by atoms with E-state index < -0.39 is 5.97 Å². The SMILES string of the molecule is O=C(O)c1oc2ccccc2c1CSc1cccs1. The third-order valence-corrected chi connectivity index (χ3v) is 4.90. The molecule has 3 rings (SSSR count). The molecule has 0 saturated carbocycles. The van der Waals surface area contributed by atoms with Crippen LogP contribution >= 0.6 is 23.1 Å². The van der Waals surface area contributed by atoms with Gasteiger partial charge in [0.05, 0.1) is 4.21 Å². The van der Waals surface area contributed by atoms with E-state index in [4.69, 9.17) is 4.42 Å². The number of thioether (sulfide) groups is 1. The summed E-state index contributed by atoms with van der Waals surface area (Å²) in [5, 5.41) is 12.1. The predicted molar refractivity (Wildman–Crippen MR) is 77.1 cm³/mol. The first-order chi connectivity index (χ1) is 9.25. The number of carboxylic acids is 1. The molecule has 0 amide bonds. The zero-order valence-corrected chi connectivity index (χ0v) is 11.5. The standard InChI is InChI=1S/C14H10O3S2/c15-14(16)13-10(8-19-12-6-3-7-18-12)9-4-1-2-5-11(9)17-13/h1-7H,8H2,(H,15,16). The lowest BCUT2D eigenvalue weighted by Crippen LogP contribution is -1.97. The third kappa shape index (κ3) is 2.39. The minimum absolute atomic E-state index is 0.0465. The molecule has 0 aliphatic heterocycles. The van der Waals surface area contributed by atoms with Crippen LogP contribution in [-0.4, -0.2) is 11.1 Å². The Balaban J connectivity index is 2.00. The van der Waals surface area contributed by atoms with Crippen LogP contribution in [0.3, 0.4) is 0 Å². The molecule has 0 fully saturated rings. The smallest absolute Gasteiger partial charge is 0.372 e. The molecule has 0 aliphatic rings. The van der Waals surface area contributed by atoms with Crippen molar-refractivity contribution >= 4 is 40.0 Å². The molecule has 3 aromatic rings. The van der Waals surface area contributed by atoms with Gasteiger partial charge in [-0.2, -0.15) is 0 Å². The first-order valence-electron chi connectivity index (χ1n) is 5.65. The summed E-state index contributed by atoms with van der Waals surface area (Å²) in [5.74, 6) is -0.373. The van der Waals surface area contributed by atoms with Gasteiger partial charge in [-0.3, -0.25) is 0 Å². The van der Waals surface area contributed by atoms with Crippen molar-refractivity contribution in [2.75, 3.05) is 0 Å². The molecule has 2 heterocycles. The van der Waals surface area contributed by atoms with Gasteiger partial charge in [0.15, 0.2) is 0 Å². The minimum atomic E-state index is -1.02. The van der Waals surface area contributed by atoms with Gasteiger partial charge in [-0.25, -0.2) is 4.79 Å². The highest BCUT2D eigenvalue weighted by molar-refractivity contribution is 8.00. The summed E-state index contributed by atoms with van der Waals surface area (Å²) < 4.78 is 6.59.